The van der Waals surface area contributed by atoms with E-state index in [-0.39, 0.29) is 24.1 Å². The largest absolute Gasteiger partial charge is 0.494 e. The van der Waals surface area contributed by atoms with Crippen LogP contribution in [0, 0.1) is 0 Å². The lowest BCUT2D eigenvalue weighted by Crippen LogP contribution is -2.41. The van der Waals surface area contributed by atoms with Crippen LogP contribution in [0.2, 0.25) is 0 Å². The molecule has 29 heavy (non-hydrogen) atoms. The van der Waals surface area contributed by atoms with Gasteiger partial charge in [0, 0.05) is 29.9 Å². The lowest BCUT2D eigenvalue weighted by Gasteiger charge is -2.22. The van der Waals surface area contributed by atoms with Crippen LogP contribution >= 0.6 is 0 Å². The molecule has 0 aliphatic carbocycles. The number of hydrogen-bond acceptors (Lipinski definition) is 4. The van der Waals surface area contributed by atoms with Gasteiger partial charge < -0.3 is 15.0 Å². The third-order valence-electron chi connectivity index (χ3n) is 5.18. The van der Waals surface area contributed by atoms with Gasteiger partial charge in [-0.1, -0.05) is 42.5 Å². The number of nitrogens with zero attached hydrogens (tertiary/aromatic N) is 1. The van der Waals surface area contributed by atoms with Crippen LogP contribution in [0.5, 0.6) is 5.88 Å². The number of hydrogen-bond donors (Lipinski definition) is 3. The van der Waals surface area contributed by atoms with Gasteiger partial charge in [-0.25, -0.2) is 0 Å². The molecule has 1 aromatic heterocycles. The summed E-state index contributed by atoms with van der Waals surface area (Å²) in [5, 5.41) is 17.2. The van der Waals surface area contributed by atoms with Gasteiger partial charge in [-0.2, -0.15) is 0 Å². The average Bonchev–Trinajstić information content (AvgIpc) is 3.04. The third kappa shape index (κ3) is 3.85. The number of aromatic nitrogens is 1. The first-order valence-corrected chi connectivity index (χ1v) is 9.48. The molecule has 2 heterocycles. The number of rotatable bonds is 5. The highest BCUT2D eigenvalue weighted by molar-refractivity contribution is 6.00. The normalized spacial score (nSPS) is 16.6. The summed E-state index contributed by atoms with van der Waals surface area (Å²) in [7, 11) is 0. The van der Waals surface area contributed by atoms with Crippen LogP contribution in [0.4, 0.5) is 0 Å². The molecule has 7 heteroatoms. The first-order chi connectivity index (χ1) is 14.0. The molecule has 1 aliphatic rings. The van der Waals surface area contributed by atoms with Gasteiger partial charge in [0.1, 0.15) is 6.04 Å². The fraction of sp³-hybridized carbons (Fsp3) is 0.227. The Bertz CT molecular complexity index is 1090. The molecule has 1 aliphatic heterocycles. The summed E-state index contributed by atoms with van der Waals surface area (Å²) in [6, 6.07) is 14.3. The van der Waals surface area contributed by atoms with E-state index < -0.39 is 11.9 Å². The van der Waals surface area contributed by atoms with E-state index in [1.54, 1.807) is 18.3 Å². The maximum atomic E-state index is 12.3. The van der Waals surface area contributed by atoms with Gasteiger partial charge in [-0.3, -0.25) is 19.7 Å². The Labute approximate surface area is 167 Å². The van der Waals surface area contributed by atoms with Crippen molar-refractivity contribution < 1.29 is 19.5 Å². The summed E-state index contributed by atoms with van der Waals surface area (Å²) in [5.74, 6) is -0.840. The Balaban J connectivity index is 1.54. The Morgan fingerprint density at radius 3 is 2.66 bits per heavy atom. The zero-order valence-corrected chi connectivity index (χ0v) is 15.7. The second kappa shape index (κ2) is 7.79. The van der Waals surface area contributed by atoms with Crippen molar-refractivity contribution in [2.45, 2.75) is 31.8 Å². The van der Waals surface area contributed by atoms with E-state index in [0.717, 1.165) is 16.5 Å². The number of benzene rings is 2. The van der Waals surface area contributed by atoms with Gasteiger partial charge in [0.2, 0.25) is 17.7 Å². The molecule has 0 radical (unpaired) electrons. The van der Waals surface area contributed by atoms with Crippen LogP contribution in [0.1, 0.15) is 30.0 Å². The highest BCUT2D eigenvalue weighted by Crippen LogP contribution is 2.34. The average molecular weight is 391 g/mol. The lowest BCUT2D eigenvalue weighted by atomic mass is 10.1. The Morgan fingerprint density at radius 1 is 1.10 bits per heavy atom. The molecule has 0 bridgehead atoms. The van der Waals surface area contributed by atoms with Crippen molar-refractivity contribution >= 4 is 28.5 Å². The van der Waals surface area contributed by atoms with Crippen LogP contribution in [-0.2, 0) is 27.3 Å². The summed E-state index contributed by atoms with van der Waals surface area (Å²) in [5.41, 5.74) is 1.77. The molecular formula is C22H21N3O4. The van der Waals surface area contributed by atoms with Crippen LogP contribution in [-0.4, -0.2) is 27.4 Å². The van der Waals surface area contributed by atoms with E-state index >= 15 is 0 Å². The minimum absolute atomic E-state index is 0.0213. The summed E-state index contributed by atoms with van der Waals surface area (Å²) >= 11 is 0. The lowest BCUT2D eigenvalue weighted by molar-refractivity contribution is -0.135. The number of imide groups is 1. The molecule has 3 amide bonds. The number of carbonyl (C=O) groups excluding carboxylic acids is 3. The van der Waals surface area contributed by atoms with Gasteiger partial charge in [0.25, 0.3) is 0 Å². The first-order valence-electron chi connectivity index (χ1n) is 9.48. The molecule has 3 aromatic rings. The van der Waals surface area contributed by atoms with E-state index in [9.17, 15) is 19.5 Å². The Hall–Kier alpha value is -3.61. The van der Waals surface area contributed by atoms with Gasteiger partial charge in [0.15, 0.2) is 5.88 Å². The van der Waals surface area contributed by atoms with Crippen molar-refractivity contribution in [3.05, 3.63) is 65.9 Å². The number of amides is 3. The molecule has 1 unspecified atom stereocenters. The monoisotopic (exact) mass is 391 g/mol. The summed E-state index contributed by atoms with van der Waals surface area (Å²) < 4.78 is 1.50. The number of carbonyl (C=O) groups is 3. The molecule has 0 saturated carbocycles. The molecule has 1 fully saturated rings. The van der Waals surface area contributed by atoms with E-state index in [2.05, 4.69) is 10.6 Å². The second-order valence-electron chi connectivity index (χ2n) is 7.14. The molecule has 1 atom stereocenters. The SMILES string of the molecule is O=C(Cc1ccccc1)NCc1cccc2c(O)n(C3CCC(=O)NC3=O)cc12. The maximum Gasteiger partial charge on any atom is 0.249 e. The van der Waals surface area contributed by atoms with Crippen molar-refractivity contribution in [2.75, 3.05) is 0 Å². The molecule has 4 rings (SSSR count). The van der Waals surface area contributed by atoms with Gasteiger partial charge in [-0.05, 0) is 23.6 Å². The summed E-state index contributed by atoms with van der Waals surface area (Å²) in [6.07, 6.45) is 2.57. The molecule has 3 N–H and O–H groups in total. The molecular weight excluding hydrogens is 370 g/mol. The molecule has 148 valence electrons. The fourth-order valence-electron chi connectivity index (χ4n) is 3.68. The number of fused-ring (bicyclic) bond motifs is 1. The highest BCUT2D eigenvalue weighted by Gasteiger charge is 2.30. The fourth-order valence-corrected chi connectivity index (χ4v) is 3.68. The van der Waals surface area contributed by atoms with Crippen molar-refractivity contribution in [1.29, 1.82) is 0 Å². The van der Waals surface area contributed by atoms with E-state index in [4.69, 9.17) is 0 Å². The summed E-state index contributed by atoms with van der Waals surface area (Å²) in [4.78, 5) is 35.8. The quantitative estimate of drug-likeness (QED) is 0.581. The van der Waals surface area contributed by atoms with Crippen molar-refractivity contribution in [1.82, 2.24) is 15.2 Å². The zero-order chi connectivity index (χ0) is 20.4. The van der Waals surface area contributed by atoms with Crippen LogP contribution in [0.15, 0.2) is 54.7 Å². The van der Waals surface area contributed by atoms with Crippen LogP contribution < -0.4 is 10.6 Å². The Morgan fingerprint density at radius 2 is 1.90 bits per heavy atom. The van der Waals surface area contributed by atoms with Gasteiger partial charge >= 0.3 is 0 Å². The third-order valence-corrected chi connectivity index (χ3v) is 5.18. The predicted octanol–water partition coefficient (Wildman–Crippen LogP) is 2.18. The number of aromatic hydroxyl groups is 1. The predicted molar refractivity (Wildman–Crippen MR) is 107 cm³/mol. The molecule has 0 spiro atoms. The van der Waals surface area contributed by atoms with E-state index in [0.29, 0.717) is 24.8 Å². The minimum Gasteiger partial charge on any atom is -0.494 e. The Kier molecular flexibility index (Phi) is 5.03. The van der Waals surface area contributed by atoms with Crippen molar-refractivity contribution in [3.8, 4) is 5.88 Å². The molecule has 7 nitrogen and oxygen atoms in total. The highest BCUT2D eigenvalue weighted by atomic mass is 16.3. The maximum absolute atomic E-state index is 12.3. The second-order valence-corrected chi connectivity index (χ2v) is 7.14. The number of nitrogens with one attached hydrogen (secondary N) is 2. The molecule has 2 aromatic carbocycles. The van der Waals surface area contributed by atoms with E-state index in [1.807, 2.05) is 36.4 Å². The van der Waals surface area contributed by atoms with Crippen molar-refractivity contribution in [3.63, 3.8) is 0 Å². The smallest absolute Gasteiger partial charge is 0.249 e. The topological polar surface area (TPSA) is 100 Å². The van der Waals surface area contributed by atoms with E-state index in [1.165, 1.54) is 4.57 Å². The minimum atomic E-state index is -0.638. The number of piperidine rings is 1. The van der Waals surface area contributed by atoms with Gasteiger partial charge in [0.05, 0.1) is 6.42 Å². The first kappa shape index (κ1) is 18.7. The van der Waals surface area contributed by atoms with Crippen LogP contribution in [0.25, 0.3) is 10.8 Å². The molecule has 1 saturated heterocycles. The zero-order valence-electron chi connectivity index (χ0n) is 15.7. The summed E-state index contributed by atoms with van der Waals surface area (Å²) in [6.45, 7) is 0.307. The standard InChI is InChI=1S/C22H21N3O4/c26-19-10-9-18(21(28)24-19)25-13-17-15(7-4-8-16(17)22(25)29)12-23-20(27)11-14-5-2-1-3-6-14/h1-8,13,18,29H,9-12H2,(H,23,27)(H,24,26,28). The van der Waals surface area contributed by atoms with Crippen LogP contribution in [0.3, 0.4) is 0 Å². The van der Waals surface area contributed by atoms with Crippen molar-refractivity contribution in [2.24, 2.45) is 0 Å². The van der Waals surface area contributed by atoms with Gasteiger partial charge in [-0.15, -0.1) is 0 Å².